The molecule has 0 bridgehead atoms. The van der Waals surface area contributed by atoms with Crippen LogP contribution in [0.25, 0.3) is 11.0 Å². The minimum atomic E-state index is -0.793. The van der Waals surface area contributed by atoms with E-state index in [1.165, 1.54) is 11.9 Å². The van der Waals surface area contributed by atoms with Gasteiger partial charge in [-0.05, 0) is 106 Å². The molecule has 12 nitrogen and oxygen atoms in total. The van der Waals surface area contributed by atoms with Gasteiger partial charge in [-0.3, -0.25) is 0 Å². The lowest BCUT2D eigenvalue weighted by molar-refractivity contribution is -0.160. The minimum Gasteiger partial charge on any atom is -0.444 e. The second-order valence-electron chi connectivity index (χ2n) is 16.5. The van der Waals surface area contributed by atoms with Crippen LogP contribution in [0, 0.1) is 5.92 Å². The van der Waals surface area contributed by atoms with Gasteiger partial charge in [-0.15, -0.1) is 0 Å². The van der Waals surface area contributed by atoms with Gasteiger partial charge in [0.1, 0.15) is 35.1 Å². The number of rotatable bonds is 12. The fraction of sp³-hybridized carbons (Fsp3) is 0.737. The van der Waals surface area contributed by atoms with Gasteiger partial charge in [0.2, 0.25) is 0 Å². The highest BCUT2D eigenvalue weighted by Crippen LogP contribution is 2.49. The fourth-order valence-corrected chi connectivity index (χ4v) is 6.89. The lowest BCUT2D eigenvalue weighted by Gasteiger charge is -2.32. The fourth-order valence-electron chi connectivity index (χ4n) is 6.89. The molecule has 1 aliphatic carbocycles. The van der Waals surface area contributed by atoms with Crippen LogP contribution >= 0.6 is 0 Å². The van der Waals surface area contributed by atoms with E-state index in [1.54, 1.807) is 9.80 Å². The Balaban J connectivity index is 1.61. The van der Waals surface area contributed by atoms with Crippen LogP contribution in [-0.4, -0.2) is 91.9 Å². The molecule has 50 heavy (non-hydrogen) atoms. The summed E-state index contributed by atoms with van der Waals surface area (Å²) in [5.41, 5.74) is 8.24. The number of fused-ring (bicyclic) bond motifs is 2. The molecule has 2 amide bonds. The zero-order chi connectivity index (χ0) is 37.2. The lowest BCUT2D eigenvalue weighted by Crippen LogP contribution is -2.44. The third kappa shape index (κ3) is 9.69. The number of nitrogens with zero attached hydrogens (tertiary/aromatic N) is 5. The highest BCUT2D eigenvalue weighted by atomic mass is 16.8. The van der Waals surface area contributed by atoms with E-state index in [-0.39, 0.29) is 36.2 Å². The number of carbonyl (C=O) groups excluding carboxylic acids is 2. The third-order valence-corrected chi connectivity index (χ3v) is 9.60. The summed E-state index contributed by atoms with van der Waals surface area (Å²) in [6.07, 6.45) is 7.41. The quantitative estimate of drug-likeness (QED) is 0.220. The maximum Gasteiger partial charge on any atom is 0.410 e. The molecule has 3 heterocycles. The first kappa shape index (κ1) is 39.4. The summed E-state index contributed by atoms with van der Waals surface area (Å²) in [5.74, 6) is -0.112. The summed E-state index contributed by atoms with van der Waals surface area (Å²) in [5, 5.41) is 0.884. The van der Waals surface area contributed by atoms with Crippen LogP contribution < -0.4 is 5.73 Å². The molecular weight excluding hydrogens is 636 g/mol. The van der Waals surface area contributed by atoms with Crippen LogP contribution in [0.3, 0.4) is 0 Å². The van der Waals surface area contributed by atoms with Crippen molar-refractivity contribution in [3.63, 3.8) is 0 Å². The molecule has 280 valence electrons. The molecule has 2 fully saturated rings. The molecule has 2 aromatic rings. The summed E-state index contributed by atoms with van der Waals surface area (Å²) in [6.45, 7) is 25.3. The van der Waals surface area contributed by atoms with Crippen molar-refractivity contribution in [1.29, 1.82) is 0 Å². The molecule has 1 saturated heterocycles. The van der Waals surface area contributed by atoms with Crippen LogP contribution in [0.1, 0.15) is 126 Å². The molecule has 0 aromatic carbocycles. The first-order valence-electron chi connectivity index (χ1n) is 18.3. The van der Waals surface area contributed by atoms with Gasteiger partial charge in [0.05, 0.1) is 17.5 Å². The van der Waals surface area contributed by atoms with Gasteiger partial charge in [-0.2, -0.15) is 0 Å². The highest BCUT2D eigenvalue weighted by Gasteiger charge is 2.55. The van der Waals surface area contributed by atoms with E-state index in [4.69, 9.17) is 29.7 Å². The van der Waals surface area contributed by atoms with Crippen LogP contribution in [0.2, 0.25) is 0 Å². The Morgan fingerprint density at radius 2 is 1.64 bits per heavy atom. The van der Waals surface area contributed by atoms with Crippen molar-refractivity contribution in [3.05, 3.63) is 29.7 Å². The van der Waals surface area contributed by atoms with Gasteiger partial charge < -0.3 is 39.0 Å². The number of hydrogen-bond donors (Lipinski definition) is 1. The summed E-state index contributed by atoms with van der Waals surface area (Å²) < 4.78 is 27.0. The Hall–Kier alpha value is -3.38. The monoisotopic (exact) mass is 698 g/mol. The van der Waals surface area contributed by atoms with Crippen LogP contribution in [0.15, 0.2) is 24.2 Å². The molecule has 2 aliphatic rings. The van der Waals surface area contributed by atoms with E-state index < -0.39 is 23.1 Å². The number of carbonyl (C=O) groups is 2. The first-order valence-corrected chi connectivity index (χ1v) is 18.3. The molecule has 1 saturated carbocycles. The van der Waals surface area contributed by atoms with Crippen molar-refractivity contribution in [1.82, 2.24) is 24.3 Å². The van der Waals surface area contributed by atoms with Crippen LogP contribution in [0.4, 0.5) is 15.4 Å². The van der Waals surface area contributed by atoms with Crippen molar-refractivity contribution in [2.24, 2.45) is 5.92 Å². The van der Waals surface area contributed by atoms with Crippen LogP contribution in [-0.2, 0) is 18.9 Å². The van der Waals surface area contributed by atoms with Crippen molar-refractivity contribution in [2.45, 2.75) is 150 Å². The summed E-state index contributed by atoms with van der Waals surface area (Å²) in [4.78, 5) is 39.5. The van der Waals surface area contributed by atoms with Gasteiger partial charge in [-0.25, -0.2) is 19.6 Å². The molecule has 2 N–H and O–H groups in total. The number of nitrogen functional groups attached to an aromatic ring is 1. The number of aromatic nitrogens is 3. The zero-order valence-corrected chi connectivity index (χ0v) is 32.5. The average Bonchev–Trinajstić information content (AvgIpc) is 3.64. The number of allylic oxidation sites excluding steroid dienone is 1. The Morgan fingerprint density at radius 3 is 2.24 bits per heavy atom. The predicted octanol–water partition coefficient (Wildman–Crippen LogP) is 7.83. The standard InChI is InChI=1S/C38H62N6O6/c1-13-24(3)16-19-42(34(45)49-36(5,6)7)17-15-18-43(35(46)50-37(8,9)10)21-26-20-28(31-30(26)47-38(11,12)48-31)44-22-27(25(4)14-2)29-32(39)40-23-41-33(29)44/h13,22-23,25-26,28,30-31H,14-21H2,1-12H3,(H2,39,40,41)/b24-13+/t25?,26-,28-,30-,31+/m1/s1. The van der Waals surface area contributed by atoms with E-state index in [0.717, 1.165) is 29.4 Å². The minimum absolute atomic E-state index is 0.0534. The van der Waals surface area contributed by atoms with Crippen LogP contribution in [0.5, 0.6) is 0 Å². The van der Waals surface area contributed by atoms with Crippen molar-refractivity contribution >= 4 is 29.0 Å². The Kier molecular flexibility index (Phi) is 12.2. The summed E-state index contributed by atoms with van der Waals surface area (Å²) in [7, 11) is 0. The molecule has 1 unspecified atom stereocenters. The molecular formula is C38H62N6O6. The largest absolute Gasteiger partial charge is 0.444 e. The number of nitrogens with two attached hydrogens (primary N) is 1. The van der Waals surface area contributed by atoms with Crippen molar-refractivity contribution in [3.8, 4) is 0 Å². The number of amides is 2. The molecule has 2 aromatic heterocycles. The van der Waals surface area contributed by atoms with Crippen molar-refractivity contribution < 1.29 is 28.5 Å². The smallest absolute Gasteiger partial charge is 0.410 e. The highest BCUT2D eigenvalue weighted by molar-refractivity contribution is 5.90. The molecule has 0 spiro atoms. The second kappa shape index (κ2) is 15.5. The van der Waals surface area contributed by atoms with Gasteiger partial charge in [0, 0.05) is 38.3 Å². The summed E-state index contributed by atoms with van der Waals surface area (Å²) >= 11 is 0. The average molecular weight is 699 g/mol. The zero-order valence-electron chi connectivity index (χ0n) is 32.5. The third-order valence-electron chi connectivity index (χ3n) is 9.60. The van der Waals surface area contributed by atoms with Gasteiger partial charge in [0.25, 0.3) is 0 Å². The maximum atomic E-state index is 13.8. The van der Waals surface area contributed by atoms with E-state index in [0.29, 0.717) is 44.8 Å². The predicted molar refractivity (Wildman–Crippen MR) is 196 cm³/mol. The van der Waals surface area contributed by atoms with E-state index in [1.807, 2.05) is 62.3 Å². The maximum absolute atomic E-state index is 13.8. The molecule has 1 aliphatic heterocycles. The number of hydrogen-bond acceptors (Lipinski definition) is 9. The molecule has 4 rings (SSSR count). The van der Waals surface area contributed by atoms with E-state index in [2.05, 4.69) is 42.6 Å². The van der Waals surface area contributed by atoms with Gasteiger partial charge in [0.15, 0.2) is 5.79 Å². The van der Waals surface area contributed by atoms with Gasteiger partial charge in [-0.1, -0.05) is 25.5 Å². The van der Waals surface area contributed by atoms with Gasteiger partial charge >= 0.3 is 12.2 Å². The topological polar surface area (TPSA) is 134 Å². The normalized spacial score (nSPS) is 22.8. The molecule has 12 heteroatoms. The number of ether oxygens (including phenoxy) is 4. The van der Waals surface area contributed by atoms with E-state index >= 15 is 0 Å². The SMILES string of the molecule is C/C=C(\C)CCN(CCCN(C[C@H]1C[C@@H](n2cc(C(C)CC)c3c(N)ncnc32)[C@@H]2OC(C)(C)O[C@H]12)C(=O)OC(C)(C)C)C(=O)OC(C)(C)C. The Labute approximate surface area is 299 Å². The van der Waals surface area contributed by atoms with E-state index in [9.17, 15) is 9.59 Å². The Bertz CT molecular complexity index is 1520. The molecule has 5 atom stereocenters. The summed E-state index contributed by atoms with van der Waals surface area (Å²) in [6, 6.07) is -0.0978. The Morgan fingerprint density at radius 1 is 1.04 bits per heavy atom. The van der Waals surface area contributed by atoms with Crippen molar-refractivity contribution in [2.75, 3.05) is 31.9 Å². The lowest BCUT2D eigenvalue weighted by atomic mass is 9.99. The molecule has 0 radical (unpaired) electrons. The second-order valence-corrected chi connectivity index (χ2v) is 16.5. The number of anilines is 1. The first-order chi connectivity index (χ1) is 23.2.